The van der Waals surface area contributed by atoms with E-state index in [0.29, 0.717) is 0 Å². The van der Waals surface area contributed by atoms with Crippen molar-refractivity contribution in [2.45, 2.75) is 13.8 Å². The van der Waals surface area contributed by atoms with Crippen molar-refractivity contribution in [2.75, 3.05) is 20.0 Å². The van der Waals surface area contributed by atoms with Crippen molar-refractivity contribution in [1.82, 2.24) is 0 Å². The van der Waals surface area contributed by atoms with Crippen LogP contribution in [0.3, 0.4) is 0 Å². The number of carboxylic acids is 1. The molecule has 1 rings (SSSR count). The summed E-state index contributed by atoms with van der Waals surface area (Å²) in [5, 5.41) is 8.69. The van der Waals surface area contributed by atoms with Crippen LogP contribution in [0.4, 0.5) is 13.2 Å². The second-order valence-electron chi connectivity index (χ2n) is 5.36. The summed E-state index contributed by atoms with van der Waals surface area (Å²) in [4.78, 5) is 10.9. The van der Waals surface area contributed by atoms with Gasteiger partial charge in [0.1, 0.15) is 20.0 Å². The van der Waals surface area contributed by atoms with Gasteiger partial charge in [-0.25, -0.2) is 13.2 Å². The number of halogens is 4. The maximum atomic E-state index is 12.8. The molecule has 1 N–H and O–H groups in total. The average molecular weight is 285 g/mol. The lowest BCUT2D eigenvalue weighted by atomic mass is 9.91. The molecule has 1 saturated carbocycles. The van der Waals surface area contributed by atoms with Gasteiger partial charge in [-0.15, -0.1) is 0 Å². The zero-order valence-electron chi connectivity index (χ0n) is 10.2. The molecular weight excluding hydrogens is 269 g/mol. The van der Waals surface area contributed by atoms with E-state index in [4.69, 9.17) is 16.7 Å². The highest BCUT2D eigenvalue weighted by atomic mass is 35.5. The fraction of sp³-hybridized carbons (Fsp3) is 0.750. The van der Waals surface area contributed by atoms with E-state index in [2.05, 4.69) is 0 Å². The molecular formula is C12H16ClF3O2. The Labute approximate surface area is 109 Å². The molecule has 2 atom stereocenters. The highest BCUT2D eigenvalue weighted by Gasteiger charge is 2.61. The molecule has 0 aromatic heterocycles. The van der Waals surface area contributed by atoms with Gasteiger partial charge >= 0.3 is 5.97 Å². The predicted molar refractivity (Wildman–Crippen MR) is 62.7 cm³/mol. The van der Waals surface area contributed by atoms with Crippen LogP contribution in [0.15, 0.2) is 11.1 Å². The first-order valence-corrected chi connectivity index (χ1v) is 5.93. The van der Waals surface area contributed by atoms with Gasteiger partial charge in [0.05, 0.1) is 11.3 Å². The highest BCUT2D eigenvalue weighted by Crippen LogP contribution is 2.60. The first kappa shape index (κ1) is 15.3. The number of hydrogen-bond donors (Lipinski definition) is 1. The van der Waals surface area contributed by atoms with E-state index in [1.807, 2.05) is 0 Å². The molecule has 0 aromatic rings. The van der Waals surface area contributed by atoms with Crippen molar-refractivity contribution in [1.29, 1.82) is 0 Å². The number of aliphatic carboxylic acids is 1. The van der Waals surface area contributed by atoms with Crippen LogP contribution in [0.5, 0.6) is 0 Å². The Kier molecular flexibility index (Phi) is 4.36. The predicted octanol–water partition coefficient (Wildman–Crippen LogP) is 3.36. The van der Waals surface area contributed by atoms with Crippen molar-refractivity contribution in [3.05, 3.63) is 11.1 Å². The van der Waals surface area contributed by atoms with Crippen molar-refractivity contribution in [3.8, 4) is 0 Å². The van der Waals surface area contributed by atoms with Gasteiger partial charge in [0.25, 0.3) is 0 Å². The topological polar surface area (TPSA) is 37.3 Å². The Bertz CT molecular complexity index is 356. The molecule has 1 aliphatic rings. The largest absolute Gasteiger partial charge is 0.481 e. The number of allylic oxidation sites excluding steroid dienone is 2. The van der Waals surface area contributed by atoms with Gasteiger partial charge in [0.15, 0.2) is 0 Å². The van der Waals surface area contributed by atoms with Gasteiger partial charge in [-0.1, -0.05) is 31.5 Å². The zero-order chi connectivity index (χ0) is 14.1. The summed E-state index contributed by atoms with van der Waals surface area (Å²) in [6, 6.07) is 0. The van der Waals surface area contributed by atoms with Crippen LogP contribution in [0.1, 0.15) is 13.8 Å². The Morgan fingerprint density at radius 3 is 2.06 bits per heavy atom. The van der Waals surface area contributed by atoms with Crippen molar-refractivity contribution >= 4 is 17.6 Å². The Morgan fingerprint density at radius 2 is 1.78 bits per heavy atom. The molecule has 1 fully saturated rings. The standard InChI is InChI=1S/C12H16ClF3O2/c1-11(2)7(9(11)10(17)18)3-8(13)12(4-14,5-15)6-16/h3,7,9H,4-6H2,1-2H3,(H,17,18)/b8-3+/t7-,9+/m1/s1. The summed E-state index contributed by atoms with van der Waals surface area (Å²) in [7, 11) is 0. The Hall–Kier alpha value is -0.710. The smallest absolute Gasteiger partial charge is 0.307 e. The lowest BCUT2D eigenvalue weighted by molar-refractivity contribution is -0.139. The molecule has 2 nitrogen and oxygen atoms in total. The monoisotopic (exact) mass is 284 g/mol. The van der Waals surface area contributed by atoms with Crippen LogP contribution in [0, 0.1) is 22.7 Å². The quantitative estimate of drug-likeness (QED) is 0.812. The van der Waals surface area contributed by atoms with Crippen LogP contribution in [-0.2, 0) is 4.79 Å². The van der Waals surface area contributed by atoms with Crippen LogP contribution in [0.2, 0.25) is 0 Å². The summed E-state index contributed by atoms with van der Waals surface area (Å²) >= 11 is 5.78. The highest BCUT2D eigenvalue weighted by molar-refractivity contribution is 6.30. The molecule has 0 heterocycles. The SMILES string of the molecule is CC1(C)[C@H](/C=C(/Cl)C(CF)(CF)CF)[C@H]1C(=O)O. The normalized spacial score (nSPS) is 27.1. The Morgan fingerprint density at radius 1 is 1.33 bits per heavy atom. The lowest BCUT2D eigenvalue weighted by Gasteiger charge is -2.23. The van der Waals surface area contributed by atoms with E-state index in [-0.39, 0.29) is 5.03 Å². The summed E-state index contributed by atoms with van der Waals surface area (Å²) in [6.07, 6.45) is 1.29. The minimum absolute atomic E-state index is 0.267. The molecule has 0 unspecified atom stereocenters. The number of carboxylic acid groups (broad SMARTS) is 1. The molecule has 0 aromatic carbocycles. The first-order chi connectivity index (χ1) is 8.26. The first-order valence-electron chi connectivity index (χ1n) is 5.55. The van der Waals surface area contributed by atoms with Gasteiger partial charge < -0.3 is 5.11 Å². The van der Waals surface area contributed by atoms with E-state index in [0.717, 1.165) is 0 Å². The maximum Gasteiger partial charge on any atom is 0.307 e. The van der Waals surface area contributed by atoms with E-state index in [1.54, 1.807) is 13.8 Å². The van der Waals surface area contributed by atoms with Gasteiger partial charge in [0.2, 0.25) is 0 Å². The molecule has 0 amide bonds. The summed E-state index contributed by atoms with van der Waals surface area (Å²) in [6.45, 7) is -0.307. The molecule has 104 valence electrons. The van der Waals surface area contributed by atoms with E-state index in [9.17, 15) is 18.0 Å². The van der Waals surface area contributed by atoms with E-state index >= 15 is 0 Å². The second-order valence-corrected chi connectivity index (χ2v) is 5.77. The minimum atomic E-state index is -1.97. The zero-order valence-corrected chi connectivity index (χ0v) is 11.0. The molecule has 0 spiro atoms. The van der Waals surface area contributed by atoms with Crippen LogP contribution in [-0.4, -0.2) is 31.1 Å². The molecule has 1 aliphatic carbocycles. The van der Waals surface area contributed by atoms with Crippen molar-refractivity contribution in [2.24, 2.45) is 22.7 Å². The van der Waals surface area contributed by atoms with Gasteiger partial charge in [-0.05, 0) is 11.3 Å². The average Bonchev–Trinajstić information content (AvgIpc) is 2.83. The third kappa shape index (κ3) is 2.37. The third-order valence-corrected chi connectivity index (χ3v) is 4.30. The Balaban J connectivity index is 2.94. The third-order valence-electron chi connectivity index (χ3n) is 3.78. The second kappa shape index (κ2) is 5.11. The fourth-order valence-corrected chi connectivity index (χ4v) is 2.38. The van der Waals surface area contributed by atoms with Gasteiger partial charge in [0, 0.05) is 5.03 Å². The molecule has 0 bridgehead atoms. The summed E-state index contributed by atoms with van der Waals surface area (Å²) in [5.74, 6) is -2.06. The number of rotatable bonds is 6. The summed E-state index contributed by atoms with van der Waals surface area (Å²) < 4.78 is 38.3. The van der Waals surface area contributed by atoms with E-state index < -0.39 is 48.7 Å². The number of carbonyl (C=O) groups is 1. The maximum absolute atomic E-state index is 12.8. The van der Waals surface area contributed by atoms with Gasteiger partial charge in [-0.2, -0.15) is 0 Å². The molecule has 0 saturated heterocycles. The van der Waals surface area contributed by atoms with Gasteiger partial charge in [-0.3, -0.25) is 4.79 Å². The minimum Gasteiger partial charge on any atom is -0.481 e. The van der Waals surface area contributed by atoms with Crippen LogP contribution < -0.4 is 0 Å². The van der Waals surface area contributed by atoms with Crippen LogP contribution in [0.25, 0.3) is 0 Å². The van der Waals surface area contributed by atoms with Crippen LogP contribution >= 0.6 is 11.6 Å². The van der Waals surface area contributed by atoms with Crippen molar-refractivity contribution in [3.63, 3.8) is 0 Å². The van der Waals surface area contributed by atoms with E-state index in [1.165, 1.54) is 6.08 Å². The lowest BCUT2D eigenvalue weighted by Crippen LogP contribution is -2.29. The molecule has 0 radical (unpaired) electrons. The number of alkyl halides is 3. The summed E-state index contributed by atoms with van der Waals surface area (Å²) in [5.41, 5.74) is -2.50. The number of hydrogen-bond acceptors (Lipinski definition) is 1. The van der Waals surface area contributed by atoms with Crippen molar-refractivity contribution < 1.29 is 23.1 Å². The molecule has 6 heteroatoms. The molecule has 18 heavy (non-hydrogen) atoms. The fourth-order valence-electron chi connectivity index (χ4n) is 2.09. The molecule has 0 aliphatic heterocycles.